The fourth-order valence-corrected chi connectivity index (χ4v) is 2.22. The fraction of sp³-hybridized carbons (Fsp3) is 0.0588. The molecule has 3 aromatic rings. The Labute approximate surface area is 127 Å². The van der Waals surface area contributed by atoms with Gasteiger partial charge in [0.1, 0.15) is 5.75 Å². The van der Waals surface area contributed by atoms with Gasteiger partial charge in [0.25, 0.3) is 0 Å². The normalized spacial score (nSPS) is 10.6. The summed E-state index contributed by atoms with van der Waals surface area (Å²) < 4.78 is 1.32. The molecule has 0 spiro atoms. The molecule has 22 heavy (non-hydrogen) atoms. The van der Waals surface area contributed by atoms with Gasteiger partial charge >= 0.3 is 5.97 Å². The first-order valence-corrected chi connectivity index (χ1v) is 6.74. The van der Waals surface area contributed by atoms with E-state index in [0.29, 0.717) is 11.4 Å². The topological polar surface area (TPSA) is 75.3 Å². The second-order valence-electron chi connectivity index (χ2n) is 5.02. The Morgan fingerprint density at radius 1 is 1.09 bits per heavy atom. The highest BCUT2D eigenvalue weighted by Crippen LogP contribution is 2.23. The first kappa shape index (κ1) is 13.9. The minimum Gasteiger partial charge on any atom is -0.508 e. The van der Waals surface area contributed by atoms with Crippen molar-refractivity contribution < 1.29 is 15.0 Å². The molecule has 1 aromatic heterocycles. The Balaban J connectivity index is 2.14. The maximum Gasteiger partial charge on any atom is 0.354 e. The molecule has 0 amide bonds. The van der Waals surface area contributed by atoms with Crippen molar-refractivity contribution in [3.8, 4) is 22.7 Å². The standard InChI is InChI=1S/C17H14N2O3/c1-11-5-7-12(8-6-11)15-10-16(17(21)22)19(18-15)13-3-2-4-14(20)9-13/h2-10,20H,1H3,(H,21,22). The minimum atomic E-state index is -1.07. The third-order valence-corrected chi connectivity index (χ3v) is 3.35. The van der Waals surface area contributed by atoms with Gasteiger partial charge in [-0.05, 0) is 25.1 Å². The van der Waals surface area contributed by atoms with Gasteiger partial charge < -0.3 is 10.2 Å². The average Bonchev–Trinajstić information content (AvgIpc) is 2.93. The van der Waals surface area contributed by atoms with E-state index in [1.54, 1.807) is 12.1 Å². The number of phenols is 1. The van der Waals surface area contributed by atoms with Crippen LogP contribution in [0.5, 0.6) is 5.75 Å². The molecule has 0 saturated heterocycles. The predicted molar refractivity (Wildman–Crippen MR) is 82.4 cm³/mol. The highest BCUT2D eigenvalue weighted by atomic mass is 16.4. The van der Waals surface area contributed by atoms with Crippen LogP contribution in [0, 0.1) is 6.92 Å². The minimum absolute atomic E-state index is 0.0428. The Morgan fingerprint density at radius 3 is 2.45 bits per heavy atom. The Bertz CT molecular complexity index is 835. The first-order chi connectivity index (χ1) is 10.5. The molecule has 0 bridgehead atoms. The van der Waals surface area contributed by atoms with E-state index in [1.807, 2.05) is 31.2 Å². The Morgan fingerprint density at radius 2 is 1.82 bits per heavy atom. The Kier molecular flexibility index (Phi) is 3.39. The number of rotatable bonds is 3. The van der Waals surface area contributed by atoms with Crippen LogP contribution in [-0.4, -0.2) is 26.0 Å². The van der Waals surface area contributed by atoms with Crippen LogP contribution in [-0.2, 0) is 0 Å². The van der Waals surface area contributed by atoms with Gasteiger partial charge in [0.15, 0.2) is 5.69 Å². The number of hydrogen-bond acceptors (Lipinski definition) is 3. The number of hydrogen-bond donors (Lipinski definition) is 2. The highest BCUT2D eigenvalue weighted by Gasteiger charge is 2.16. The molecule has 0 aliphatic carbocycles. The molecule has 0 aliphatic heterocycles. The van der Waals surface area contributed by atoms with Gasteiger partial charge in [-0.25, -0.2) is 9.48 Å². The van der Waals surface area contributed by atoms with Crippen molar-refractivity contribution in [2.75, 3.05) is 0 Å². The van der Waals surface area contributed by atoms with Crippen LogP contribution in [0.25, 0.3) is 16.9 Å². The average molecular weight is 294 g/mol. The van der Waals surface area contributed by atoms with Gasteiger partial charge in [0, 0.05) is 11.6 Å². The molecule has 5 heteroatoms. The summed E-state index contributed by atoms with van der Waals surface area (Å²) in [6, 6.07) is 15.5. The highest BCUT2D eigenvalue weighted by molar-refractivity contribution is 5.88. The number of benzene rings is 2. The smallest absolute Gasteiger partial charge is 0.354 e. The summed E-state index contributed by atoms with van der Waals surface area (Å²) in [4.78, 5) is 11.5. The number of aromatic carboxylic acids is 1. The zero-order chi connectivity index (χ0) is 15.7. The number of aromatic nitrogens is 2. The summed E-state index contributed by atoms with van der Waals surface area (Å²) in [6.07, 6.45) is 0. The number of carboxylic acid groups (broad SMARTS) is 1. The molecule has 0 fully saturated rings. The molecule has 0 radical (unpaired) electrons. The largest absolute Gasteiger partial charge is 0.508 e. The molecule has 0 unspecified atom stereocenters. The van der Waals surface area contributed by atoms with E-state index in [4.69, 9.17) is 0 Å². The second kappa shape index (κ2) is 5.37. The number of carbonyl (C=O) groups is 1. The zero-order valence-electron chi connectivity index (χ0n) is 11.9. The summed E-state index contributed by atoms with van der Waals surface area (Å²) in [6.45, 7) is 1.98. The van der Waals surface area contributed by atoms with Gasteiger partial charge in [-0.2, -0.15) is 5.10 Å². The monoisotopic (exact) mass is 294 g/mol. The van der Waals surface area contributed by atoms with Crippen LogP contribution in [0.1, 0.15) is 16.1 Å². The SMILES string of the molecule is Cc1ccc(-c2cc(C(=O)O)n(-c3cccc(O)c3)n2)cc1. The van der Waals surface area contributed by atoms with Crippen LogP contribution in [0.3, 0.4) is 0 Å². The summed E-state index contributed by atoms with van der Waals surface area (Å²) in [5, 5.41) is 23.3. The van der Waals surface area contributed by atoms with Crippen molar-refractivity contribution >= 4 is 5.97 Å². The van der Waals surface area contributed by atoms with Gasteiger partial charge in [0.2, 0.25) is 0 Å². The molecule has 0 aliphatic rings. The van der Waals surface area contributed by atoms with Crippen LogP contribution < -0.4 is 0 Å². The van der Waals surface area contributed by atoms with E-state index in [0.717, 1.165) is 11.1 Å². The number of aryl methyl sites for hydroxylation is 1. The molecule has 0 atom stereocenters. The third-order valence-electron chi connectivity index (χ3n) is 3.35. The summed E-state index contributed by atoms with van der Waals surface area (Å²) >= 11 is 0. The van der Waals surface area contributed by atoms with Gasteiger partial charge in [-0.1, -0.05) is 35.9 Å². The molecular weight excluding hydrogens is 280 g/mol. The third kappa shape index (κ3) is 2.56. The fourth-order valence-electron chi connectivity index (χ4n) is 2.22. The van der Waals surface area contributed by atoms with E-state index in [2.05, 4.69) is 5.10 Å². The lowest BCUT2D eigenvalue weighted by molar-refractivity contribution is 0.0687. The second-order valence-corrected chi connectivity index (χ2v) is 5.02. The first-order valence-electron chi connectivity index (χ1n) is 6.74. The van der Waals surface area contributed by atoms with E-state index in [1.165, 1.54) is 22.9 Å². The molecule has 110 valence electrons. The summed E-state index contributed by atoms with van der Waals surface area (Å²) in [7, 11) is 0. The van der Waals surface area contributed by atoms with Crippen molar-refractivity contribution in [2.45, 2.75) is 6.92 Å². The van der Waals surface area contributed by atoms with E-state index >= 15 is 0 Å². The van der Waals surface area contributed by atoms with Gasteiger partial charge in [0.05, 0.1) is 11.4 Å². The van der Waals surface area contributed by atoms with Crippen molar-refractivity contribution in [1.29, 1.82) is 0 Å². The van der Waals surface area contributed by atoms with Crippen molar-refractivity contribution in [3.05, 3.63) is 65.9 Å². The van der Waals surface area contributed by atoms with Crippen molar-refractivity contribution in [2.24, 2.45) is 0 Å². The number of nitrogens with zero attached hydrogens (tertiary/aromatic N) is 2. The van der Waals surface area contributed by atoms with Crippen LogP contribution in [0.15, 0.2) is 54.6 Å². The summed E-state index contributed by atoms with van der Waals surface area (Å²) in [5.74, 6) is -1.02. The van der Waals surface area contributed by atoms with E-state index < -0.39 is 5.97 Å². The van der Waals surface area contributed by atoms with Crippen molar-refractivity contribution in [1.82, 2.24) is 9.78 Å². The number of carboxylic acids is 1. The maximum absolute atomic E-state index is 11.5. The lowest BCUT2D eigenvalue weighted by Gasteiger charge is -2.04. The van der Waals surface area contributed by atoms with Crippen LogP contribution in [0.2, 0.25) is 0 Å². The summed E-state index contributed by atoms with van der Waals surface area (Å²) in [5.41, 5.74) is 3.07. The molecular formula is C17H14N2O3. The predicted octanol–water partition coefficient (Wildman–Crippen LogP) is 3.25. The molecule has 1 heterocycles. The molecule has 2 aromatic carbocycles. The zero-order valence-corrected chi connectivity index (χ0v) is 11.9. The Hall–Kier alpha value is -3.08. The van der Waals surface area contributed by atoms with Gasteiger partial charge in [-0.15, -0.1) is 0 Å². The molecule has 2 N–H and O–H groups in total. The van der Waals surface area contributed by atoms with Crippen LogP contribution >= 0.6 is 0 Å². The maximum atomic E-state index is 11.5. The lowest BCUT2D eigenvalue weighted by atomic mass is 10.1. The van der Waals surface area contributed by atoms with Crippen molar-refractivity contribution in [3.63, 3.8) is 0 Å². The lowest BCUT2D eigenvalue weighted by Crippen LogP contribution is -2.07. The number of phenolic OH excluding ortho intramolecular Hbond substituents is 1. The molecule has 0 saturated carbocycles. The molecule has 3 rings (SSSR count). The van der Waals surface area contributed by atoms with E-state index in [-0.39, 0.29) is 11.4 Å². The van der Waals surface area contributed by atoms with Crippen LogP contribution in [0.4, 0.5) is 0 Å². The van der Waals surface area contributed by atoms with E-state index in [9.17, 15) is 15.0 Å². The quantitative estimate of drug-likeness (QED) is 0.777. The van der Waals surface area contributed by atoms with Gasteiger partial charge in [-0.3, -0.25) is 0 Å². The number of aromatic hydroxyl groups is 1. The molecule has 5 nitrogen and oxygen atoms in total.